The highest BCUT2D eigenvalue weighted by atomic mass is 32.2. The molecule has 2 N–H and O–H groups in total. The summed E-state index contributed by atoms with van der Waals surface area (Å²) in [5.74, 6) is -0.973. The molecule has 0 aromatic rings. The Hall–Kier alpha value is -2.25. The molecule has 31 heavy (non-hydrogen) atoms. The molecule has 3 amide bonds. The second-order valence-electron chi connectivity index (χ2n) is 9.08. The van der Waals surface area contributed by atoms with Gasteiger partial charge in [0.2, 0.25) is 15.9 Å². The lowest BCUT2D eigenvalue weighted by Crippen LogP contribution is -2.64. The summed E-state index contributed by atoms with van der Waals surface area (Å²) in [6, 6.07) is 3.09. The minimum absolute atomic E-state index is 0.0634. The number of hydrogen-bond acceptors (Lipinski definition) is 8. The predicted molar refractivity (Wildman–Crippen MR) is 108 cm³/mol. The number of rotatable bonds is 6. The van der Waals surface area contributed by atoms with Crippen LogP contribution in [-0.2, 0) is 14.8 Å². The number of carbonyl (C=O) groups excluding carboxylic acids is 2. The van der Waals surface area contributed by atoms with Crippen molar-refractivity contribution in [2.45, 2.75) is 48.9 Å². The number of urea groups is 1. The van der Waals surface area contributed by atoms with Crippen LogP contribution in [0.1, 0.15) is 32.1 Å². The van der Waals surface area contributed by atoms with E-state index in [1.807, 2.05) is 24.2 Å². The molecule has 2 saturated heterocycles. The summed E-state index contributed by atoms with van der Waals surface area (Å²) in [7, 11) is -1.90. The topological polar surface area (TPSA) is 150 Å². The first kappa shape index (κ1) is 22.0. The summed E-state index contributed by atoms with van der Waals surface area (Å²) in [6.45, 7) is 1.41. The van der Waals surface area contributed by atoms with E-state index in [1.165, 1.54) is 9.80 Å². The Morgan fingerprint density at radius 1 is 1.26 bits per heavy atom. The molecule has 4 unspecified atom stereocenters. The number of imide groups is 1. The first-order valence-electron chi connectivity index (χ1n) is 10.6. The Labute approximate surface area is 182 Å². The SMILES string of the molecule is CN1CC(CN2C(=O)C3CC(S(=O)(=O)NC4(C#N)CC4)CCC3N(CC#N)C2=O)CN1. The highest BCUT2D eigenvalue weighted by Crippen LogP contribution is 2.40. The predicted octanol–water partition coefficient (Wildman–Crippen LogP) is -0.647. The highest BCUT2D eigenvalue weighted by molar-refractivity contribution is 7.90. The molecule has 168 valence electrons. The third-order valence-electron chi connectivity index (χ3n) is 6.83. The summed E-state index contributed by atoms with van der Waals surface area (Å²) >= 11 is 0. The quantitative estimate of drug-likeness (QED) is 0.508. The molecule has 0 bridgehead atoms. The number of sulfonamides is 1. The third-order valence-corrected chi connectivity index (χ3v) is 8.81. The Kier molecular flexibility index (Phi) is 5.68. The minimum Gasteiger partial charge on any atom is -0.307 e. The average Bonchev–Trinajstić information content (AvgIpc) is 3.38. The summed E-state index contributed by atoms with van der Waals surface area (Å²) in [5, 5.41) is 19.6. The standard InChI is InChI=1S/C19H27N7O4S/c1-24-10-13(9-22-24)11-26-17(27)15-8-14(31(29,30)23-19(12-21)4-5-19)2-3-16(15)25(7-6-20)18(26)28/h13-16,22-23H,2-5,7-11H2,1H3. The second-order valence-corrected chi connectivity index (χ2v) is 11.0. The van der Waals surface area contributed by atoms with Crippen molar-refractivity contribution in [1.29, 1.82) is 10.5 Å². The maximum absolute atomic E-state index is 13.3. The average molecular weight is 450 g/mol. The van der Waals surface area contributed by atoms with Crippen LogP contribution in [0.2, 0.25) is 0 Å². The lowest BCUT2D eigenvalue weighted by molar-refractivity contribution is -0.140. The zero-order valence-electron chi connectivity index (χ0n) is 17.5. The van der Waals surface area contributed by atoms with Crippen LogP contribution < -0.4 is 10.1 Å². The fraction of sp³-hybridized carbons (Fsp3) is 0.789. The molecule has 0 radical (unpaired) electrons. The zero-order valence-corrected chi connectivity index (χ0v) is 18.3. The zero-order chi connectivity index (χ0) is 22.4. The molecule has 4 fully saturated rings. The van der Waals surface area contributed by atoms with E-state index in [0.717, 1.165) is 0 Å². The number of amides is 3. The summed E-state index contributed by atoms with van der Waals surface area (Å²) in [5.41, 5.74) is 2.13. The van der Waals surface area contributed by atoms with Gasteiger partial charge in [-0.1, -0.05) is 0 Å². The Morgan fingerprint density at radius 2 is 2.00 bits per heavy atom. The minimum atomic E-state index is -3.78. The number of fused-ring (bicyclic) bond motifs is 1. The molecular weight excluding hydrogens is 422 g/mol. The van der Waals surface area contributed by atoms with Crippen LogP contribution in [0, 0.1) is 34.5 Å². The molecule has 11 nitrogen and oxygen atoms in total. The van der Waals surface area contributed by atoms with E-state index in [1.54, 1.807) is 0 Å². The molecule has 4 aliphatic rings. The molecule has 0 spiro atoms. The van der Waals surface area contributed by atoms with E-state index < -0.39 is 38.8 Å². The van der Waals surface area contributed by atoms with E-state index in [9.17, 15) is 28.5 Å². The first-order valence-corrected chi connectivity index (χ1v) is 12.1. The monoisotopic (exact) mass is 449 g/mol. The van der Waals surface area contributed by atoms with Gasteiger partial charge in [0, 0.05) is 38.6 Å². The summed E-state index contributed by atoms with van der Waals surface area (Å²) in [6.07, 6.45) is 1.66. The van der Waals surface area contributed by atoms with Crippen LogP contribution in [0.4, 0.5) is 4.79 Å². The van der Waals surface area contributed by atoms with E-state index in [2.05, 4.69) is 10.1 Å². The van der Waals surface area contributed by atoms with Gasteiger partial charge in [0.05, 0.1) is 23.3 Å². The number of nitriles is 2. The Balaban J connectivity index is 1.54. The number of carbonyl (C=O) groups is 2. The molecule has 0 aromatic heterocycles. The van der Waals surface area contributed by atoms with Crippen LogP contribution >= 0.6 is 0 Å². The van der Waals surface area contributed by atoms with Crippen molar-refractivity contribution >= 4 is 22.0 Å². The van der Waals surface area contributed by atoms with Crippen LogP contribution in [0.5, 0.6) is 0 Å². The van der Waals surface area contributed by atoms with E-state index in [0.29, 0.717) is 32.4 Å². The maximum Gasteiger partial charge on any atom is 0.327 e. The molecule has 0 aromatic carbocycles. The summed E-state index contributed by atoms with van der Waals surface area (Å²) in [4.78, 5) is 29.0. The van der Waals surface area contributed by atoms with E-state index >= 15 is 0 Å². The van der Waals surface area contributed by atoms with Crippen LogP contribution in [0.15, 0.2) is 0 Å². The van der Waals surface area contributed by atoms with Crippen LogP contribution in [0.3, 0.4) is 0 Å². The fourth-order valence-corrected chi connectivity index (χ4v) is 6.82. The molecule has 2 aliphatic carbocycles. The molecule has 12 heteroatoms. The summed E-state index contributed by atoms with van der Waals surface area (Å²) < 4.78 is 28.4. The van der Waals surface area contributed by atoms with Crippen molar-refractivity contribution in [3.8, 4) is 12.1 Å². The molecule has 2 heterocycles. The fourth-order valence-electron chi connectivity index (χ4n) is 4.96. The van der Waals surface area contributed by atoms with Crippen molar-refractivity contribution in [3.63, 3.8) is 0 Å². The van der Waals surface area contributed by atoms with Gasteiger partial charge in [-0.05, 0) is 32.1 Å². The highest BCUT2D eigenvalue weighted by Gasteiger charge is 2.53. The normalized spacial score (nSPS) is 33.0. The van der Waals surface area contributed by atoms with Gasteiger partial charge < -0.3 is 4.90 Å². The second kappa shape index (κ2) is 8.02. The van der Waals surface area contributed by atoms with Gasteiger partial charge in [-0.25, -0.2) is 18.2 Å². The van der Waals surface area contributed by atoms with Gasteiger partial charge in [-0.2, -0.15) is 15.2 Å². The van der Waals surface area contributed by atoms with Crippen molar-refractivity contribution in [1.82, 2.24) is 25.0 Å². The van der Waals surface area contributed by atoms with Gasteiger partial charge in [0.15, 0.2) is 0 Å². The van der Waals surface area contributed by atoms with Gasteiger partial charge in [0.25, 0.3) is 0 Å². The van der Waals surface area contributed by atoms with E-state index in [4.69, 9.17) is 0 Å². The van der Waals surface area contributed by atoms with Gasteiger partial charge in [-0.15, -0.1) is 0 Å². The first-order chi connectivity index (χ1) is 14.7. The number of hydrazine groups is 1. The van der Waals surface area contributed by atoms with Crippen LogP contribution in [-0.4, -0.2) is 85.2 Å². The Bertz CT molecular complexity index is 951. The molecular formula is C19H27N7O4S. The molecule has 2 saturated carbocycles. The number of nitrogens with zero attached hydrogens (tertiary/aromatic N) is 5. The Morgan fingerprint density at radius 3 is 2.58 bits per heavy atom. The number of hydrogen-bond donors (Lipinski definition) is 2. The number of nitrogens with one attached hydrogen (secondary N) is 2. The third kappa shape index (κ3) is 4.13. The van der Waals surface area contributed by atoms with E-state index in [-0.39, 0.29) is 37.8 Å². The van der Waals surface area contributed by atoms with Gasteiger partial charge in [-0.3, -0.25) is 15.1 Å². The van der Waals surface area contributed by atoms with Crippen molar-refractivity contribution in [2.24, 2.45) is 11.8 Å². The van der Waals surface area contributed by atoms with Gasteiger partial charge >= 0.3 is 6.03 Å². The molecule has 4 atom stereocenters. The van der Waals surface area contributed by atoms with Crippen molar-refractivity contribution in [3.05, 3.63) is 0 Å². The largest absolute Gasteiger partial charge is 0.327 e. The molecule has 2 aliphatic heterocycles. The maximum atomic E-state index is 13.3. The van der Waals surface area contributed by atoms with Crippen LogP contribution in [0.25, 0.3) is 0 Å². The lowest BCUT2D eigenvalue weighted by Gasteiger charge is -2.47. The molecule has 4 rings (SSSR count). The van der Waals surface area contributed by atoms with Gasteiger partial charge in [0.1, 0.15) is 12.1 Å². The lowest BCUT2D eigenvalue weighted by atomic mass is 9.80. The van der Waals surface area contributed by atoms with Crippen molar-refractivity contribution in [2.75, 3.05) is 33.2 Å². The smallest absolute Gasteiger partial charge is 0.307 e. The van der Waals surface area contributed by atoms with Crippen molar-refractivity contribution < 1.29 is 18.0 Å².